The molecule has 86 valence electrons. The van der Waals surface area contributed by atoms with Gasteiger partial charge in [-0.15, -0.1) is 4.91 Å². The van der Waals surface area contributed by atoms with Gasteiger partial charge in [-0.2, -0.15) is 0 Å². The predicted octanol–water partition coefficient (Wildman–Crippen LogP) is 2.34. The van der Waals surface area contributed by atoms with Crippen LogP contribution in [0.2, 0.25) is 0 Å². The second kappa shape index (κ2) is 5.31. The van der Waals surface area contributed by atoms with Gasteiger partial charge in [0.25, 0.3) is 0 Å². The van der Waals surface area contributed by atoms with Crippen molar-refractivity contribution < 1.29 is 4.21 Å². The Bertz CT molecular complexity index is 528. The van der Waals surface area contributed by atoms with Crippen LogP contribution < -0.4 is 5.43 Å². The van der Waals surface area contributed by atoms with Crippen molar-refractivity contribution in [2.24, 2.45) is 5.29 Å². The molecule has 1 heterocycles. The van der Waals surface area contributed by atoms with Gasteiger partial charge in [-0.3, -0.25) is 0 Å². The lowest BCUT2D eigenvalue weighted by Gasteiger charge is -2.02. The van der Waals surface area contributed by atoms with E-state index in [0.29, 0.717) is 15.6 Å². The van der Waals surface area contributed by atoms with Crippen molar-refractivity contribution in [2.75, 3.05) is 5.43 Å². The van der Waals surface area contributed by atoms with Gasteiger partial charge >= 0.3 is 0 Å². The lowest BCUT2D eigenvalue weighted by Crippen LogP contribution is -1.95. The third-order valence-corrected chi connectivity index (χ3v) is 3.44. The van der Waals surface area contributed by atoms with E-state index in [0.717, 1.165) is 0 Å². The third-order valence-electron chi connectivity index (χ3n) is 2.07. The second-order valence-electron chi connectivity index (χ2n) is 3.16. The van der Waals surface area contributed by atoms with Gasteiger partial charge in [0.15, 0.2) is 0 Å². The fourth-order valence-corrected chi connectivity index (χ4v) is 2.30. The average Bonchev–Trinajstić information content (AvgIpc) is 2.40. The number of nitrogens with zero attached hydrogens (tertiary/aromatic N) is 2. The molecule has 2 rings (SSSR count). The maximum atomic E-state index is 12.1. The summed E-state index contributed by atoms with van der Waals surface area (Å²) in [6.07, 6.45) is 1.45. The molecule has 1 aromatic carbocycles. The molecule has 0 amide bonds. The molecule has 0 fully saturated rings. The molecule has 6 heteroatoms. The Kier molecular flexibility index (Phi) is 3.56. The molecule has 1 aromatic heterocycles. The first-order chi connectivity index (χ1) is 8.31. The lowest BCUT2D eigenvalue weighted by atomic mass is 10.4. The average molecular weight is 247 g/mol. The van der Waals surface area contributed by atoms with E-state index in [1.807, 2.05) is 18.2 Å². The normalized spacial score (nSPS) is 11.8. The second-order valence-corrected chi connectivity index (χ2v) is 4.64. The van der Waals surface area contributed by atoms with Crippen molar-refractivity contribution in [2.45, 2.75) is 9.79 Å². The van der Waals surface area contributed by atoms with Crippen molar-refractivity contribution in [1.29, 1.82) is 0 Å². The van der Waals surface area contributed by atoms with Gasteiger partial charge in [0.1, 0.15) is 5.82 Å². The zero-order chi connectivity index (χ0) is 12.1. The molecular formula is C11H9N3O2S. The summed E-state index contributed by atoms with van der Waals surface area (Å²) in [6, 6.07) is 12.3. The van der Waals surface area contributed by atoms with Crippen molar-refractivity contribution in [3.63, 3.8) is 0 Å². The first kappa shape index (κ1) is 11.4. The molecule has 0 aliphatic rings. The van der Waals surface area contributed by atoms with Crippen LogP contribution in [0.25, 0.3) is 0 Å². The largest absolute Gasteiger partial charge is 0.249 e. The highest BCUT2D eigenvalue weighted by Gasteiger charge is 2.06. The van der Waals surface area contributed by atoms with Gasteiger partial charge in [-0.1, -0.05) is 18.2 Å². The minimum absolute atomic E-state index is 0.328. The van der Waals surface area contributed by atoms with Crippen molar-refractivity contribution in [3.8, 4) is 0 Å². The molecule has 0 unspecified atom stereocenters. The first-order valence-corrected chi connectivity index (χ1v) is 5.97. The number of benzene rings is 1. The van der Waals surface area contributed by atoms with E-state index in [2.05, 4.69) is 15.7 Å². The summed E-state index contributed by atoms with van der Waals surface area (Å²) in [7, 11) is -1.26. The molecule has 0 spiro atoms. The third kappa shape index (κ3) is 2.73. The first-order valence-electron chi connectivity index (χ1n) is 4.82. The summed E-state index contributed by atoms with van der Waals surface area (Å²) in [5.74, 6) is 0.328. The highest BCUT2D eigenvalue weighted by molar-refractivity contribution is 7.85. The summed E-state index contributed by atoms with van der Waals surface area (Å²) >= 11 is 0. The molecule has 1 atom stereocenters. The van der Waals surface area contributed by atoms with Gasteiger partial charge in [-0.05, 0) is 24.3 Å². The Morgan fingerprint density at radius 3 is 2.41 bits per heavy atom. The fraction of sp³-hybridized carbons (Fsp3) is 0. The lowest BCUT2D eigenvalue weighted by molar-refractivity contribution is 0.683. The zero-order valence-electron chi connectivity index (χ0n) is 8.74. The Hall–Kier alpha value is -2.08. The molecular weight excluding hydrogens is 238 g/mol. The number of pyridine rings is 1. The summed E-state index contributed by atoms with van der Waals surface area (Å²) < 4.78 is 12.1. The van der Waals surface area contributed by atoms with Gasteiger partial charge in [0, 0.05) is 11.1 Å². The Balaban J connectivity index is 2.23. The smallest absolute Gasteiger partial charge is 0.148 e. The molecule has 0 aliphatic carbocycles. The van der Waals surface area contributed by atoms with Gasteiger partial charge in [0.2, 0.25) is 0 Å². The molecule has 0 bridgehead atoms. The van der Waals surface area contributed by atoms with E-state index in [4.69, 9.17) is 0 Å². The predicted molar refractivity (Wildman–Crippen MR) is 64.8 cm³/mol. The highest BCUT2D eigenvalue weighted by atomic mass is 32.2. The molecule has 0 radical (unpaired) electrons. The van der Waals surface area contributed by atoms with Crippen LogP contribution in [0, 0.1) is 4.91 Å². The molecule has 0 saturated heterocycles. The van der Waals surface area contributed by atoms with Crippen LogP contribution in [0.5, 0.6) is 0 Å². The van der Waals surface area contributed by atoms with Gasteiger partial charge in [-0.25, -0.2) is 14.6 Å². The number of nitrogens with one attached hydrogen (secondary N) is 1. The number of rotatable bonds is 4. The van der Waals surface area contributed by atoms with E-state index in [1.54, 1.807) is 24.3 Å². The number of aromatic nitrogens is 1. The van der Waals surface area contributed by atoms with Crippen LogP contribution in [0.3, 0.4) is 0 Å². The van der Waals surface area contributed by atoms with E-state index in [-0.39, 0.29) is 0 Å². The monoisotopic (exact) mass is 247 g/mol. The van der Waals surface area contributed by atoms with E-state index >= 15 is 0 Å². The highest BCUT2D eigenvalue weighted by Crippen LogP contribution is 2.16. The minimum Gasteiger partial charge on any atom is -0.249 e. The van der Waals surface area contributed by atoms with Crippen LogP contribution >= 0.6 is 0 Å². The van der Waals surface area contributed by atoms with Crippen molar-refractivity contribution in [3.05, 3.63) is 53.6 Å². The standard InChI is InChI=1S/C11H9N3O2S/c15-14-13-11-7-6-10(8-12-11)17(16)9-4-2-1-3-5-9/h1-8H,(H,12,13,15)/t17-/m1/s1. The van der Waals surface area contributed by atoms with Crippen LogP contribution in [-0.4, -0.2) is 9.19 Å². The van der Waals surface area contributed by atoms with Crippen LogP contribution in [-0.2, 0) is 10.8 Å². The SMILES string of the molecule is O=NNc1ccc([S@](=O)c2ccccc2)cn1. The van der Waals surface area contributed by atoms with Crippen LogP contribution in [0.1, 0.15) is 0 Å². The molecule has 17 heavy (non-hydrogen) atoms. The molecule has 0 aliphatic heterocycles. The van der Waals surface area contributed by atoms with Crippen LogP contribution in [0.15, 0.2) is 63.7 Å². The number of hydrogen-bond donors (Lipinski definition) is 1. The van der Waals surface area contributed by atoms with E-state index < -0.39 is 10.8 Å². The van der Waals surface area contributed by atoms with Crippen LogP contribution in [0.4, 0.5) is 5.82 Å². The van der Waals surface area contributed by atoms with Gasteiger partial charge in [0.05, 0.1) is 21.0 Å². The zero-order valence-corrected chi connectivity index (χ0v) is 9.55. The summed E-state index contributed by atoms with van der Waals surface area (Å²) in [5.41, 5.74) is 2.17. The Morgan fingerprint density at radius 2 is 1.82 bits per heavy atom. The summed E-state index contributed by atoms with van der Waals surface area (Å²) in [6.45, 7) is 0. The Labute approximate surface area is 100 Å². The number of nitroso groups, excluding NO2 is 1. The molecule has 2 aromatic rings. The maximum absolute atomic E-state index is 12.1. The maximum Gasteiger partial charge on any atom is 0.148 e. The molecule has 5 nitrogen and oxygen atoms in total. The summed E-state index contributed by atoms with van der Waals surface area (Å²) in [5, 5.41) is 2.50. The summed E-state index contributed by atoms with van der Waals surface area (Å²) in [4.78, 5) is 15.2. The molecule has 1 N–H and O–H groups in total. The fourth-order valence-electron chi connectivity index (χ4n) is 1.28. The van der Waals surface area contributed by atoms with Crippen molar-refractivity contribution >= 4 is 16.6 Å². The van der Waals surface area contributed by atoms with E-state index in [1.165, 1.54) is 6.20 Å². The van der Waals surface area contributed by atoms with Crippen molar-refractivity contribution in [1.82, 2.24) is 4.98 Å². The number of hydrogen-bond acceptors (Lipinski definition) is 4. The Morgan fingerprint density at radius 1 is 1.06 bits per heavy atom. The number of anilines is 1. The van der Waals surface area contributed by atoms with E-state index in [9.17, 15) is 9.12 Å². The topological polar surface area (TPSA) is 71.4 Å². The quantitative estimate of drug-likeness (QED) is 0.665. The van der Waals surface area contributed by atoms with Gasteiger partial charge < -0.3 is 0 Å². The molecule has 0 saturated carbocycles. The minimum atomic E-state index is -1.26.